The standard InChI is InChI=1S/C13H14N2/c1-2-12-9-15-13(10-14-12)8-11-6-4-3-5-7-11/h3-7,9-10H,2,8H2,1H3. The molecule has 0 unspecified atom stereocenters. The number of aryl methyl sites for hydroxylation is 1. The van der Waals surface area contributed by atoms with Crippen molar-refractivity contribution >= 4 is 0 Å². The molecule has 0 fully saturated rings. The minimum absolute atomic E-state index is 0.859. The summed E-state index contributed by atoms with van der Waals surface area (Å²) in [5, 5.41) is 0. The lowest BCUT2D eigenvalue weighted by Crippen LogP contribution is -1.95. The van der Waals surface area contributed by atoms with Gasteiger partial charge in [-0.25, -0.2) is 0 Å². The highest BCUT2D eigenvalue weighted by molar-refractivity contribution is 5.20. The van der Waals surface area contributed by atoms with Gasteiger partial charge in [0.05, 0.1) is 11.4 Å². The Hall–Kier alpha value is -1.70. The van der Waals surface area contributed by atoms with Gasteiger partial charge in [0.25, 0.3) is 0 Å². The van der Waals surface area contributed by atoms with Crippen molar-refractivity contribution in [2.75, 3.05) is 0 Å². The molecule has 0 atom stereocenters. The number of hydrogen-bond donors (Lipinski definition) is 0. The van der Waals surface area contributed by atoms with Crippen LogP contribution in [0.4, 0.5) is 0 Å². The summed E-state index contributed by atoms with van der Waals surface area (Å²) in [7, 11) is 0. The van der Waals surface area contributed by atoms with Crippen LogP contribution in [0, 0.1) is 0 Å². The Labute approximate surface area is 90.0 Å². The van der Waals surface area contributed by atoms with E-state index in [1.165, 1.54) is 5.56 Å². The molecule has 1 aromatic heterocycles. The lowest BCUT2D eigenvalue weighted by Gasteiger charge is -2.01. The van der Waals surface area contributed by atoms with Crippen molar-refractivity contribution in [3.05, 3.63) is 59.7 Å². The Balaban J connectivity index is 2.11. The largest absolute Gasteiger partial charge is 0.258 e. The third-order valence-electron chi connectivity index (χ3n) is 2.35. The Morgan fingerprint density at radius 2 is 1.60 bits per heavy atom. The van der Waals surface area contributed by atoms with Gasteiger partial charge in [0, 0.05) is 18.8 Å². The zero-order valence-corrected chi connectivity index (χ0v) is 8.85. The van der Waals surface area contributed by atoms with E-state index in [9.17, 15) is 0 Å². The van der Waals surface area contributed by atoms with Gasteiger partial charge < -0.3 is 0 Å². The van der Waals surface area contributed by atoms with Crippen LogP contribution in [0.5, 0.6) is 0 Å². The van der Waals surface area contributed by atoms with Gasteiger partial charge >= 0.3 is 0 Å². The van der Waals surface area contributed by atoms with Gasteiger partial charge in [0.15, 0.2) is 0 Å². The Kier molecular flexibility index (Phi) is 3.08. The van der Waals surface area contributed by atoms with E-state index in [0.29, 0.717) is 0 Å². The topological polar surface area (TPSA) is 25.8 Å². The third kappa shape index (κ3) is 2.62. The molecule has 0 spiro atoms. The SMILES string of the molecule is CCc1cnc(Cc2ccccc2)cn1. The second-order valence-electron chi connectivity index (χ2n) is 3.52. The van der Waals surface area contributed by atoms with E-state index in [-0.39, 0.29) is 0 Å². The Morgan fingerprint density at radius 3 is 2.20 bits per heavy atom. The zero-order valence-electron chi connectivity index (χ0n) is 8.85. The molecular formula is C13H14N2. The molecule has 76 valence electrons. The van der Waals surface area contributed by atoms with Crippen molar-refractivity contribution in [3.63, 3.8) is 0 Å². The third-order valence-corrected chi connectivity index (χ3v) is 2.35. The summed E-state index contributed by atoms with van der Waals surface area (Å²) < 4.78 is 0. The highest BCUT2D eigenvalue weighted by atomic mass is 14.8. The Morgan fingerprint density at radius 1 is 0.933 bits per heavy atom. The minimum atomic E-state index is 0.859. The van der Waals surface area contributed by atoms with Crippen molar-refractivity contribution in [3.8, 4) is 0 Å². The quantitative estimate of drug-likeness (QED) is 0.757. The molecule has 0 saturated heterocycles. The molecular weight excluding hydrogens is 184 g/mol. The monoisotopic (exact) mass is 198 g/mol. The summed E-state index contributed by atoms with van der Waals surface area (Å²) in [6, 6.07) is 10.3. The molecule has 0 N–H and O–H groups in total. The van der Waals surface area contributed by atoms with Gasteiger partial charge in [-0.1, -0.05) is 37.3 Å². The summed E-state index contributed by atoms with van der Waals surface area (Å²) in [4.78, 5) is 8.71. The van der Waals surface area contributed by atoms with Crippen LogP contribution in [-0.4, -0.2) is 9.97 Å². The van der Waals surface area contributed by atoms with Crippen LogP contribution in [0.25, 0.3) is 0 Å². The van der Waals surface area contributed by atoms with E-state index in [4.69, 9.17) is 0 Å². The van der Waals surface area contributed by atoms with Crippen LogP contribution in [0.15, 0.2) is 42.7 Å². The number of rotatable bonds is 3. The van der Waals surface area contributed by atoms with Crippen molar-refractivity contribution in [1.82, 2.24) is 9.97 Å². The normalized spacial score (nSPS) is 10.2. The van der Waals surface area contributed by atoms with Crippen LogP contribution < -0.4 is 0 Å². The van der Waals surface area contributed by atoms with Crippen LogP contribution in [-0.2, 0) is 12.8 Å². The van der Waals surface area contributed by atoms with Crippen molar-refractivity contribution < 1.29 is 0 Å². The average Bonchev–Trinajstić information content (AvgIpc) is 2.31. The number of benzene rings is 1. The van der Waals surface area contributed by atoms with E-state index < -0.39 is 0 Å². The maximum Gasteiger partial charge on any atom is 0.0630 e. The van der Waals surface area contributed by atoms with Crippen molar-refractivity contribution in [2.24, 2.45) is 0 Å². The predicted molar refractivity (Wildman–Crippen MR) is 60.7 cm³/mol. The summed E-state index contributed by atoms with van der Waals surface area (Å²) in [6.45, 7) is 2.08. The van der Waals surface area contributed by atoms with Crippen LogP contribution in [0.2, 0.25) is 0 Å². The molecule has 0 aliphatic carbocycles. The molecule has 0 aliphatic rings. The van der Waals surface area contributed by atoms with Crippen LogP contribution in [0.3, 0.4) is 0 Å². The first-order valence-corrected chi connectivity index (χ1v) is 5.22. The molecule has 0 radical (unpaired) electrons. The number of nitrogens with zero attached hydrogens (tertiary/aromatic N) is 2. The second kappa shape index (κ2) is 4.69. The maximum atomic E-state index is 4.38. The number of hydrogen-bond acceptors (Lipinski definition) is 2. The Bertz CT molecular complexity index is 406. The first-order chi connectivity index (χ1) is 7.38. The number of aromatic nitrogens is 2. The fourth-order valence-electron chi connectivity index (χ4n) is 1.46. The lowest BCUT2D eigenvalue weighted by atomic mass is 10.1. The summed E-state index contributed by atoms with van der Waals surface area (Å²) >= 11 is 0. The molecule has 0 saturated carbocycles. The van der Waals surface area contributed by atoms with E-state index >= 15 is 0 Å². The molecule has 0 amide bonds. The summed E-state index contributed by atoms with van der Waals surface area (Å²) in [5.41, 5.74) is 3.35. The summed E-state index contributed by atoms with van der Waals surface area (Å²) in [6.07, 6.45) is 5.53. The van der Waals surface area contributed by atoms with Gasteiger partial charge in [0.1, 0.15) is 0 Å². The minimum Gasteiger partial charge on any atom is -0.258 e. The summed E-state index contributed by atoms with van der Waals surface area (Å²) in [5.74, 6) is 0. The molecule has 2 rings (SSSR count). The van der Waals surface area contributed by atoms with E-state index in [0.717, 1.165) is 24.2 Å². The van der Waals surface area contributed by atoms with Crippen LogP contribution in [0.1, 0.15) is 23.9 Å². The molecule has 2 heteroatoms. The molecule has 2 nitrogen and oxygen atoms in total. The fraction of sp³-hybridized carbons (Fsp3) is 0.231. The molecule has 2 aromatic rings. The second-order valence-corrected chi connectivity index (χ2v) is 3.52. The lowest BCUT2D eigenvalue weighted by molar-refractivity contribution is 0.950. The van der Waals surface area contributed by atoms with Gasteiger partial charge in [0.2, 0.25) is 0 Å². The highest BCUT2D eigenvalue weighted by Gasteiger charge is 1.97. The molecule has 1 heterocycles. The smallest absolute Gasteiger partial charge is 0.0630 e. The van der Waals surface area contributed by atoms with Gasteiger partial charge in [-0.2, -0.15) is 0 Å². The molecule has 1 aromatic carbocycles. The van der Waals surface area contributed by atoms with Crippen molar-refractivity contribution in [1.29, 1.82) is 0 Å². The first-order valence-electron chi connectivity index (χ1n) is 5.22. The molecule has 0 bridgehead atoms. The van der Waals surface area contributed by atoms with E-state index in [1.807, 2.05) is 30.6 Å². The molecule has 15 heavy (non-hydrogen) atoms. The van der Waals surface area contributed by atoms with Crippen LogP contribution >= 0.6 is 0 Å². The van der Waals surface area contributed by atoms with Gasteiger partial charge in [-0.15, -0.1) is 0 Å². The predicted octanol–water partition coefficient (Wildman–Crippen LogP) is 2.63. The zero-order chi connectivity index (χ0) is 10.5. The van der Waals surface area contributed by atoms with E-state index in [1.54, 1.807) is 0 Å². The molecule has 0 aliphatic heterocycles. The average molecular weight is 198 g/mol. The van der Waals surface area contributed by atoms with E-state index in [2.05, 4.69) is 29.0 Å². The fourth-order valence-corrected chi connectivity index (χ4v) is 1.46. The van der Waals surface area contributed by atoms with Gasteiger partial charge in [-0.3, -0.25) is 9.97 Å². The van der Waals surface area contributed by atoms with Gasteiger partial charge in [-0.05, 0) is 12.0 Å². The maximum absolute atomic E-state index is 4.38. The van der Waals surface area contributed by atoms with Crippen molar-refractivity contribution in [2.45, 2.75) is 19.8 Å². The first kappa shape index (κ1) is 9.84. The highest BCUT2D eigenvalue weighted by Crippen LogP contribution is 2.06.